The number of benzene rings is 2. The van der Waals surface area contributed by atoms with E-state index in [-0.39, 0.29) is 0 Å². The highest BCUT2D eigenvalue weighted by Crippen LogP contribution is 2.28. The monoisotopic (exact) mass is 299 g/mol. The summed E-state index contributed by atoms with van der Waals surface area (Å²) in [6.07, 6.45) is 2.09. The van der Waals surface area contributed by atoms with Gasteiger partial charge in [-0.25, -0.2) is 0 Å². The molecule has 0 fully saturated rings. The number of anilines is 2. The number of methoxy groups -OCH3 is 1. The maximum atomic E-state index is 11.1. The van der Waals surface area contributed by atoms with Crippen molar-refractivity contribution in [3.63, 3.8) is 0 Å². The van der Waals surface area contributed by atoms with E-state index in [9.17, 15) is 4.79 Å². The van der Waals surface area contributed by atoms with Crippen molar-refractivity contribution in [3.05, 3.63) is 47.5 Å². The Bertz CT molecular complexity index is 654. The topological polar surface area (TPSA) is 88.2 Å². The van der Waals surface area contributed by atoms with Gasteiger partial charge in [0.2, 0.25) is 0 Å². The Hall–Kier alpha value is -2.66. The first-order valence-corrected chi connectivity index (χ1v) is 6.68. The molecular formula is C17H21N3O2. The molecule has 0 aromatic heterocycles. The highest BCUT2D eigenvalue weighted by molar-refractivity contribution is 5.92. The third-order valence-corrected chi connectivity index (χ3v) is 2.99. The fourth-order valence-corrected chi connectivity index (χ4v) is 2.01. The number of aldehydes is 1. The van der Waals surface area contributed by atoms with Crippen LogP contribution in [0.25, 0.3) is 11.1 Å². The third kappa shape index (κ3) is 4.17. The Morgan fingerprint density at radius 2 is 1.82 bits per heavy atom. The number of hydrogen-bond donors (Lipinski definition) is 3. The van der Waals surface area contributed by atoms with Gasteiger partial charge in [-0.05, 0) is 29.3 Å². The van der Waals surface area contributed by atoms with Crippen molar-refractivity contribution in [2.75, 3.05) is 32.3 Å². The molecule has 116 valence electrons. The first-order valence-electron chi connectivity index (χ1n) is 6.68. The third-order valence-electron chi connectivity index (χ3n) is 2.99. The van der Waals surface area contributed by atoms with Crippen LogP contribution in [0.5, 0.6) is 0 Å². The van der Waals surface area contributed by atoms with Crippen LogP contribution in [0.4, 0.5) is 11.4 Å². The normalized spacial score (nSPS) is 9.41. The molecular weight excluding hydrogens is 278 g/mol. The number of nitrogen functional groups attached to an aromatic ring is 1. The predicted molar refractivity (Wildman–Crippen MR) is 92.0 cm³/mol. The molecule has 0 aliphatic heterocycles. The Kier molecular flexibility index (Phi) is 6.79. The van der Waals surface area contributed by atoms with E-state index in [1.807, 2.05) is 24.3 Å². The van der Waals surface area contributed by atoms with Gasteiger partial charge in [0.15, 0.2) is 6.29 Å². The summed E-state index contributed by atoms with van der Waals surface area (Å²) in [7, 11) is 5.05. The SMILES string of the molecule is CNc1cc(-c2ccc(N)cc2C=O)ccc1C=N.COC. The summed E-state index contributed by atoms with van der Waals surface area (Å²) in [4.78, 5) is 11.1. The molecule has 2 aromatic rings. The van der Waals surface area contributed by atoms with E-state index in [1.165, 1.54) is 6.21 Å². The second-order valence-corrected chi connectivity index (χ2v) is 4.57. The van der Waals surface area contributed by atoms with Crippen molar-refractivity contribution < 1.29 is 9.53 Å². The number of hydrogen-bond acceptors (Lipinski definition) is 5. The first-order chi connectivity index (χ1) is 10.6. The maximum Gasteiger partial charge on any atom is 0.150 e. The van der Waals surface area contributed by atoms with Crippen molar-refractivity contribution >= 4 is 23.9 Å². The van der Waals surface area contributed by atoms with Gasteiger partial charge in [0.25, 0.3) is 0 Å². The van der Waals surface area contributed by atoms with Gasteiger partial charge in [-0.15, -0.1) is 0 Å². The maximum absolute atomic E-state index is 11.1. The van der Waals surface area contributed by atoms with E-state index >= 15 is 0 Å². The summed E-state index contributed by atoms with van der Waals surface area (Å²) in [5.74, 6) is 0. The van der Waals surface area contributed by atoms with Gasteiger partial charge in [-0.2, -0.15) is 0 Å². The second kappa shape index (κ2) is 8.59. The first kappa shape index (κ1) is 17.4. The molecule has 0 bridgehead atoms. The van der Waals surface area contributed by atoms with Crippen LogP contribution >= 0.6 is 0 Å². The van der Waals surface area contributed by atoms with Gasteiger partial charge in [0.1, 0.15) is 0 Å². The van der Waals surface area contributed by atoms with Crippen LogP contribution in [0, 0.1) is 5.41 Å². The predicted octanol–water partition coefficient (Wildman–Crippen LogP) is 3.05. The minimum atomic E-state index is 0.560. The highest BCUT2D eigenvalue weighted by Gasteiger charge is 2.07. The van der Waals surface area contributed by atoms with Crippen LogP contribution in [-0.4, -0.2) is 33.8 Å². The average Bonchev–Trinajstić information content (AvgIpc) is 2.54. The summed E-state index contributed by atoms with van der Waals surface area (Å²) in [5.41, 5.74) is 10.2. The molecule has 0 saturated heterocycles. The lowest BCUT2D eigenvalue weighted by atomic mass is 9.98. The molecule has 2 rings (SSSR count). The van der Waals surface area contributed by atoms with E-state index in [0.717, 1.165) is 28.7 Å². The molecule has 0 radical (unpaired) electrons. The van der Waals surface area contributed by atoms with Crippen LogP contribution in [-0.2, 0) is 4.74 Å². The molecule has 5 nitrogen and oxygen atoms in total. The zero-order valence-corrected chi connectivity index (χ0v) is 13.0. The molecule has 0 heterocycles. The molecule has 0 aliphatic rings. The van der Waals surface area contributed by atoms with E-state index in [2.05, 4.69) is 10.1 Å². The molecule has 2 aromatic carbocycles. The van der Waals surface area contributed by atoms with Gasteiger partial charge in [-0.1, -0.05) is 18.2 Å². The van der Waals surface area contributed by atoms with Gasteiger partial charge >= 0.3 is 0 Å². The largest absolute Gasteiger partial charge is 0.399 e. The lowest BCUT2D eigenvalue weighted by Crippen LogP contribution is -1.96. The van der Waals surface area contributed by atoms with Crippen LogP contribution in [0.1, 0.15) is 15.9 Å². The number of carbonyl (C=O) groups excluding carboxylic acids is 1. The summed E-state index contributed by atoms with van der Waals surface area (Å²) in [5, 5.41) is 10.4. The molecule has 0 atom stereocenters. The standard InChI is InChI=1S/C15H15N3O.C2H6O/c1-18-15-7-10(2-3-11(15)8-16)14-5-4-13(17)6-12(14)9-19;1-3-2/h2-9,16,18H,17H2,1H3;1-2H3. The number of nitrogens with one attached hydrogen (secondary N) is 2. The smallest absolute Gasteiger partial charge is 0.150 e. The van der Waals surface area contributed by atoms with Crippen molar-refractivity contribution in [2.45, 2.75) is 0 Å². The van der Waals surface area contributed by atoms with Crippen molar-refractivity contribution in [2.24, 2.45) is 0 Å². The molecule has 0 unspecified atom stereocenters. The zero-order chi connectivity index (χ0) is 16.5. The fraction of sp³-hybridized carbons (Fsp3) is 0.176. The van der Waals surface area contributed by atoms with Crippen molar-refractivity contribution in [1.29, 1.82) is 5.41 Å². The second-order valence-electron chi connectivity index (χ2n) is 4.57. The fourth-order valence-electron chi connectivity index (χ4n) is 2.01. The van der Waals surface area contributed by atoms with E-state index < -0.39 is 0 Å². The average molecular weight is 299 g/mol. The van der Waals surface area contributed by atoms with Crippen LogP contribution in [0.2, 0.25) is 0 Å². The number of ether oxygens (including phenoxy) is 1. The minimum Gasteiger partial charge on any atom is -0.399 e. The molecule has 4 N–H and O–H groups in total. The summed E-state index contributed by atoms with van der Waals surface area (Å²) in [6, 6.07) is 10.9. The van der Waals surface area contributed by atoms with E-state index in [4.69, 9.17) is 11.1 Å². The quantitative estimate of drug-likeness (QED) is 0.460. The zero-order valence-electron chi connectivity index (χ0n) is 13.0. The number of rotatable bonds is 4. The van der Waals surface area contributed by atoms with Crippen LogP contribution in [0.15, 0.2) is 36.4 Å². The Morgan fingerprint density at radius 1 is 1.14 bits per heavy atom. The van der Waals surface area contributed by atoms with Crippen molar-refractivity contribution in [3.8, 4) is 11.1 Å². The molecule has 0 aliphatic carbocycles. The highest BCUT2D eigenvalue weighted by atomic mass is 16.4. The van der Waals surface area contributed by atoms with Gasteiger partial charge in [-0.3, -0.25) is 4.79 Å². The molecule has 0 amide bonds. The molecule has 22 heavy (non-hydrogen) atoms. The number of nitrogens with two attached hydrogens (primary N) is 1. The molecule has 5 heteroatoms. The minimum absolute atomic E-state index is 0.560. The molecule has 0 saturated carbocycles. The van der Waals surface area contributed by atoms with Gasteiger partial charge < -0.3 is 21.2 Å². The lowest BCUT2D eigenvalue weighted by Gasteiger charge is -2.10. The summed E-state index contributed by atoms with van der Waals surface area (Å²) in [6.45, 7) is 0. The van der Waals surface area contributed by atoms with Crippen molar-refractivity contribution in [1.82, 2.24) is 0 Å². The van der Waals surface area contributed by atoms with Gasteiger partial charge in [0.05, 0.1) is 0 Å². The van der Waals surface area contributed by atoms with E-state index in [0.29, 0.717) is 11.3 Å². The summed E-state index contributed by atoms with van der Waals surface area (Å²) >= 11 is 0. The van der Waals surface area contributed by atoms with Gasteiger partial charge in [0, 0.05) is 50.0 Å². The van der Waals surface area contributed by atoms with E-state index in [1.54, 1.807) is 33.4 Å². The lowest BCUT2D eigenvalue weighted by molar-refractivity contribution is 0.112. The summed E-state index contributed by atoms with van der Waals surface area (Å²) < 4.78 is 4.25. The molecule has 0 spiro atoms. The van der Waals surface area contributed by atoms with Crippen LogP contribution < -0.4 is 11.1 Å². The van der Waals surface area contributed by atoms with Crippen LogP contribution in [0.3, 0.4) is 0 Å². The number of carbonyl (C=O) groups is 1. The Labute approximate surface area is 130 Å². The Balaban J connectivity index is 0.000000745. The Morgan fingerprint density at radius 3 is 2.36 bits per heavy atom.